The molecule has 2 amide bonds. The fraction of sp³-hybridized carbons (Fsp3) is 0.529. The maximum atomic E-state index is 12.3. The summed E-state index contributed by atoms with van der Waals surface area (Å²) in [4.78, 5) is 26.2. The number of sulfonamides is 1. The Morgan fingerprint density at radius 1 is 1.30 bits per heavy atom. The Bertz CT molecular complexity index is 785. The molecule has 0 aromatic heterocycles. The van der Waals surface area contributed by atoms with Crippen LogP contribution in [0.1, 0.15) is 29.6 Å². The molecule has 27 heavy (non-hydrogen) atoms. The highest BCUT2D eigenvalue weighted by atomic mass is 35.5. The first-order valence-electron chi connectivity index (χ1n) is 8.69. The number of carbonyl (C=O) groups is 2. The molecule has 0 fully saturated rings. The molecule has 1 aliphatic rings. The summed E-state index contributed by atoms with van der Waals surface area (Å²) in [7, 11) is -3.43. The molecule has 1 aromatic carbocycles. The van der Waals surface area contributed by atoms with E-state index in [9.17, 15) is 18.0 Å². The van der Waals surface area contributed by atoms with Gasteiger partial charge in [0.2, 0.25) is 15.9 Å². The number of ether oxygens (including phenoxy) is 1. The summed E-state index contributed by atoms with van der Waals surface area (Å²) in [5.74, 6) is -0.101. The number of amides is 2. The number of carbonyl (C=O) groups excluding carboxylic acids is 2. The first-order valence-corrected chi connectivity index (χ1v) is 11.0. The number of benzene rings is 1. The first kappa shape index (κ1) is 21.5. The molecular weight excluding hydrogens is 394 g/mol. The second-order valence-corrected chi connectivity index (χ2v) is 8.55. The van der Waals surface area contributed by atoms with Gasteiger partial charge in [0.25, 0.3) is 5.91 Å². The molecule has 0 aliphatic carbocycles. The number of halogens is 1. The summed E-state index contributed by atoms with van der Waals surface area (Å²) >= 11 is 5.98. The molecule has 0 spiro atoms. The van der Waals surface area contributed by atoms with Crippen LogP contribution in [-0.2, 0) is 14.8 Å². The second-order valence-electron chi connectivity index (χ2n) is 6.28. The monoisotopic (exact) mass is 417 g/mol. The molecule has 0 atom stereocenters. The molecule has 1 aliphatic heterocycles. The summed E-state index contributed by atoms with van der Waals surface area (Å²) in [5, 5.41) is 3.27. The lowest BCUT2D eigenvalue weighted by Crippen LogP contribution is -2.41. The van der Waals surface area contributed by atoms with Crippen LogP contribution in [0, 0.1) is 0 Å². The molecular formula is C17H24ClN3O5S. The molecule has 1 heterocycles. The van der Waals surface area contributed by atoms with Crippen molar-refractivity contribution >= 4 is 33.4 Å². The van der Waals surface area contributed by atoms with Crippen molar-refractivity contribution in [3.8, 4) is 5.75 Å². The SMILES string of the molecule is CS(=O)(=O)NCC(=O)N1CCCCNC(=O)c2cc(Cl)ccc2OCCC1. The number of nitrogens with zero attached hydrogens (tertiary/aromatic N) is 1. The molecule has 0 saturated heterocycles. The Balaban J connectivity index is 2.03. The van der Waals surface area contributed by atoms with Crippen LogP contribution >= 0.6 is 11.6 Å². The molecule has 0 radical (unpaired) electrons. The average molecular weight is 418 g/mol. The molecule has 0 saturated carbocycles. The highest BCUT2D eigenvalue weighted by Gasteiger charge is 2.17. The van der Waals surface area contributed by atoms with Crippen LogP contribution in [0.4, 0.5) is 0 Å². The molecule has 2 rings (SSSR count). The van der Waals surface area contributed by atoms with E-state index in [2.05, 4.69) is 10.0 Å². The van der Waals surface area contributed by atoms with Gasteiger partial charge in [-0.2, -0.15) is 0 Å². The molecule has 8 nitrogen and oxygen atoms in total. The molecule has 10 heteroatoms. The van der Waals surface area contributed by atoms with Gasteiger partial charge in [-0.15, -0.1) is 0 Å². The molecule has 0 unspecified atom stereocenters. The van der Waals surface area contributed by atoms with E-state index in [1.807, 2.05) is 0 Å². The van der Waals surface area contributed by atoms with E-state index in [4.69, 9.17) is 16.3 Å². The van der Waals surface area contributed by atoms with Crippen molar-refractivity contribution in [1.29, 1.82) is 0 Å². The standard InChI is InChI=1S/C17H24ClN3O5S/c1-27(24,25)20-12-16(22)21-8-3-2-7-19-17(23)14-11-13(18)5-6-15(14)26-10-4-9-21/h5-6,11,20H,2-4,7-10,12H2,1H3,(H,19,23). The van der Waals surface area contributed by atoms with Crippen molar-refractivity contribution < 1.29 is 22.7 Å². The Kier molecular flexibility index (Phi) is 7.88. The lowest BCUT2D eigenvalue weighted by atomic mass is 10.2. The predicted molar refractivity (Wildman–Crippen MR) is 103 cm³/mol. The van der Waals surface area contributed by atoms with E-state index in [-0.39, 0.29) is 18.4 Å². The largest absolute Gasteiger partial charge is 0.493 e. The topological polar surface area (TPSA) is 105 Å². The van der Waals surface area contributed by atoms with E-state index in [1.165, 1.54) is 0 Å². The van der Waals surface area contributed by atoms with Gasteiger partial charge in [-0.25, -0.2) is 13.1 Å². The van der Waals surface area contributed by atoms with E-state index in [0.29, 0.717) is 61.8 Å². The van der Waals surface area contributed by atoms with Crippen molar-refractivity contribution in [2.45, 2.75) is 19.3 Å². The minimum Gasteiger partial charge on any atom is -0.493 e. The third-order valence-corrected chi connectivity index (χ3v) is 4.90. The Morgan fingerprint density at radius 3 is 2.78 bits per heavy atom. The summed E-state index contributed by atoms with van der Waals surface area (Å²) in [6, 6.07) is 4.87. The van der Waals surface area contributed by atoms with Crippen molar-refractivity contribution in [2.24, 2.45) is 0 Å². The Morgan fingerprint density at radius 2 is 2.04 bits per heavy atom. The Hall–Kier alpha value is -1.84. The maximum absolute atomic E-state index is 12.3. The lowest BCUT2D eigenvalue weighted by molar-refractivity contribution is -0.130. The van der Waals surface area contributed by atoms with Gasteiger partial charge in [0.1, 0.15) is 5.75 Å². The number of nitrogens with one attached hydrogen (secondary N) is 2. The van der Waals surface area contributed by atoms with Gasteiger partial charge in [0.05, 0.1) is 25.0 Å². The van der Waals surface area contributed by atoms with Gasteiger partial charge in [0.15, 0.2) is 0 Å². The fourth-order valence-electron chi connectivity index (χ4n) is 2.63. The van der Waals surface area contributed by atoms with Crippen LogP contribution in [-0.4, -0.2) is 64.2 Å². The highest BCUT2D eigenvalue weighted by Crippen LogP contribution is 2.23. The first-order chi connectivity index (χ1) is 12.8. The molecule has 2 N–H and O–H groups in total. The summed E-state index contributed by atoms with van der Waals surface area (Å²) in [6.45, 7) is 1.42. The minimum absolute atomic E-state index is 0.253. The number of fused-ring (bicyclic) bond motifs is 1. The van der Waals surface area contributed by atoms with E-state index >= 15 is 0 Å². The zero-order chi connectivity index (χ0) is 19.9. The molecule has 0 bridgehead atoms. The second kappa shape index (κ2) is 9.91. The van der Waals surface area contributed by atoms with Crippen molar-refractivity contribution in [1.82, 2.24) is 14.9 Å². The smallest absolute Gasteiger partial charge is 0.255 e. The average Bonchev–Trinajstić information content (AvgIpc) is 2.62. The maximum Gasteiger partial charge on any atom is 0.255 e. The number of rotatable bonds is 3. The van der Waals surface area contributed by atoms with E-state index in [0.717, 1.165) is 6.26 Å². The van der Waals surface area contributed by atoms with Crippen LogP contribution in [0.15, 0.2) is 18.2 Å². The Labute approximate surface area is 164 Å². The van der Waals surface area contributed by atoms with Crippen LogP contribution in [0.3, 0.4) is 0 Å². The van der Waals surface area contributed by atoms with E-state index in [1.54, 1.807) is 23.1 Å². The zero-order valence-electron chi connectivity index (χ0n) is 15.2. The van der Waals surface area contributed by atoms with Gasteiger partial charge in [-0.1, -0.05) is 11.6 Å². The quantitative estimate of drug-likeness (QED) is 0.763. The van der Waals surface area contributed by atoms with Gasteiger partial charge < -0.3 is 15.0 Å². The van der Waals surface area contributed by atoms with Crippen molar-refractivity contribution in [2.75, 3.05) is 39.0 Å². The number of hydrogen-bond acceptors (Lipinski definition) is 5. The zero-order valence-corrected chi connectivity index (χ0v) is 16.7. The van der Waals surface area contributed by atoms with Crippen molar-refractivity contribution in [3.05, 3.63) is 28.8 Å². The molecule has 150 valence electrons. The summed E-state index contributed by atoms with van der Waals surface area (Å²) in [5.41, 5.74) is 0.382. The lowest BCUT2D eigenvalue weighted by Gasteiger charge is -2.23. The van der Waals surface area contributed by atoms with Crippen LogP contribution in [0.5, 0.6) is 5.75 Å². The van der Waals surface area contributed by atoms with Gasteiger partial charge in [-0.3, -0.25) is 9.59 Å². The van der Waals surface area contributed by atoms with Gasteiger partial charge in [0, 0.05) is 24.7 Å². The van der Waals surface area contributed by atoms with Crippen LogP contribution in [0.25, 0.3) is 0 Å². The van der Waals surface area contributed by atoms with Crippen molar-refractivity contribution in [3.63, 3.8) is 0 Å². The normalized spacial score (nSPS) is 16.8. The fourth-order valence-corrected chi connectivity index (χ4v) is 3.19. The minimum atomic E-state index is -3.43. The predicted octanol–water partition coefficient (Wildman–Crippen LogP) is 1.01. The highest BCUT2D eigenvalue weighted by molar-refractivity contribution is 7.88. The number of hydrogen-bond donors (Lipinski definition) is 2. The van der Waals surface area contributed by atoms with Gasteiger partial charge >= 0.3 is 0 Å². The van der Waals surface area contributed by atoms with Crippen LogP contribution in [0.2, 0.25) is 5.02 Å². The molecule has 1 aromatic rings. The summed E-state index contributed by atoms with van der Waals surface area (Å²) < 4.78 is 30.3. The van der Waals surface area contributed by atoms with E-state index < -0.39 is 10.0 Å². The van der Waals surface area contributed by atoms with Gasteiger partial charge in [-0.05, 0) is 37.5 Å². The van der Waals surface area contributed by atoms with Crippen LogP contribution < -0.4 is 14.8 Å². The third kappa shape index (κ3) is 7.36. The third-order valence-electron chi connectivity index (χ3n) is 3.99. The summed E-state index contributed by atoms with van der Waals surface area (Å²) in [6.07, 6.45) is 2.94.